The maximum Gasteiger partial charge on any atom is 0.272 e. The Kier molecular flexibility index (Phi) is 5.81. The lowest BCUT2D eigenvalue weighted by Crippen LogP contribution is -2.49. The molecule has 0 bridgehead atoms. The molecule has 2 aliphatic heterocycles. The molecule has 0 unspecified atom stereocenters. The van der Waals surface area contributed by atoms with Crippen LogP contribution in [0.25, 0.3) is 17.2 Å². The van der Waals surface area contributed by atoms with Crippen molar-refractivity contribution in [2.24, 2.45) is 0 Å². The average Bonchev–Trinajstić information content (AvgIpc) is 2.84. The van der Waals surface area contributed by atoms with Crippen LogP contribution in [0, 0.1) is 0 Å². The predicted molar refractivity (Wildman–Crippen MR) is 131 cm³/mol. The van der Waals surface area contributed by atoms with Crippen molar-refractivity contribution in [1.82, 2.24) is 14.9 Å². The van der Waals surface area contributed by atoms with Gasteiger partial charge in [-0.25, -0.2) is 4.98 Å². The first kappa shape index (κ1) is 21.5. The third-order valence-corrected chi connectivity index (χ3v) is 6.75. The summed E-state index contributed by atoms with van der Waals surface area (Å²) < 4.78 is 6.46. The van der Waals surface area contributed by atoms with Crippen LogP contribution in [0.2, 0.25) is 0 Å². The highest BCUT2D eigenvalue weighted by atomic mass is 32.2. The van der Waals surface area contributed by atoms with Crippen molar-refractivity contribution in [3.05, 3.63) is 88.1 Å². The molecule has 0 aliphatic carbocycles. The highest BCUT2D eigenvalue weighted by Crippen LogP contribution is 2.39. The van der Waals surface area contributed by atoms with Gasteiger partial charge in [-0.15, -0.1) is 0 Å². The molecule has 1 spiro atoms. The van der Waals surface area contributed by atoms with Gasteiger partial charge in [-0.3, -0.25) is 9.59 Å². The van der Waals surface area contributed by atoms with Crippen molar-refractivity contribution in [2.75, 3.05) is 19.3 Å². The van der Waals surface area contributed by atoms with E-state index in [2.05, 4.69) is 46.4 Å². The number of nitrogens with one attached hydrogen (secondary N) is 1. The number of nitrogens with zero attached hydrogens (tertiary/aromatic N) is 2. The van der Waals surface area contributed by atoms with Crippen LogP contribution in [-0.2, 0) is 5.75 Å². The molecule has 1 amide bonds. The Morgan fingerprint density at radius 3 is 2.67 bits per heavy atom. The number of carbonyl (C=O) groups excluding carboxylic acids is 1. The standard InChI is InChI=1S/C26H25N3O3S/c1-33-17-23-27-21(16-24(30)28-23)25(31)29-13-11-26(12-14-29)10-9-20-15-19(7-8-22(20)32-26)18-5-3-2-4-6-18/h2-10,15-16H,11-14,17H2,1H3,(H,27,28,30). The van der Waals surface area contributed by atoms with Gasteiger partial charge in [0, 0.05) is 37.6 Å². The summed E-state index contributed by atoms with van der Waals surface area (Å²) >= 11 is 1.55. The minimum atomic E-state index is -0.413. The van der Waals surface area contributed by atoms with Gasteiger partial charge < -0.3 is 14.6 Å². The zero-order valence-corrected chi connectivity index (χ0v) is 19.2. The van der Waals surface area contributed by atoms with Crippen LogP contribution in [-0.4, -0.2) is 45.7 Å². The molecule has 0 radical (unpaired) electrons. The van der Waals surface area contributed by atoms with E-state index in [4.69, 9.17) is 4.74 Å². The van der Waals surface area contributed by atoms with E-state index >= 15 is 0 Å². The number of rotatable bonds is 4. The molecule has 3 aromatic rings. The van der Waals surface area contributed by atoms with Gasteiger partial charge >= 0.3 is 0 Å². The van der Waals surface area contributed by atoms with E-state index in [1.165, 1.54) is 11.6 Å². The van der Waals surface area contributed by atoms with Gasteiger partial charge in [-0.2, -0.15) is 11.8 Å². The molecule has 1 fully saturated rings. The van der Waals surface area contributed by atoms with Crippen molar-refractivity contribution < 1.29 is 9.53 Å². The van der Waals surface area contributed by atoms with Crippen molar-refractivity contribution in [3.8, 4) is 16.9 Å². The number of fused-ring (bicyclic) bond motifs is 1. The molecule has 7 heteroatoms. The van der Waals surface area contributed by atoms with Gasteiger partial charge in [0.1, 0.15) is 22.9 Å². The number of likely N-dealkylation sites (tertiary alicyclic amines) is 1. The summed E-state index contributed by atoms with van der Waals surface area (Å²) in [5.74, 6) is 1.75. The number of benzene rings is 2. The molecular weight excluding hydrogens is 434 g/mol. The Labute approximate surface area is 196 Å². The van der Waals surface area contributed by atoms with Crippen LogP contribution in [0.15, 0.2) is 65.5 Å². The summed E-state index contributed by atoms with van der Waals surface area (Å²) in [4.78, 5) is 33.7. The van der Waals surface area contributed by atoms with Gasteiger partial charge in [0.2, 0.25) is 0 Å². The van der Waals surface area contributed by atoms with Gasteiger partial charge in [0.25, 0.3) is 11.5 Å². The maximum atomic E-state index is 13.0. The Hall–Kier alpha value is -3.32. The topological polar surface area (TPSA) is 75.3 Å². The van der Waals surface area contributed by atoms with E-state index in [0.717, 1.165) is 16.9 Å². The van der Waals surface area contributed by atoms with Crippen molar-refractivity contribution >= 4 is 23.7 Å². The van der Waals surface area contributed by atoms with E-state index in [1.54, 1.807) is 16.7 Å². The molecule has 1 aromatic heterocycles. The minimum absolute atomic E-state index is 0.203. The quantitative estimate of drug-likeness (QED) is 0.627. The van der Waals surface area contributed by atoms with Crippen molar-refractivity contribution in [3.63, 3.8) is 0 Å². The number of thioether (sulfide) groups is 1. The van der Waals surface area contributed by atoms with Gasteiger partial charge in [-0.05, 0) is 35.6 Å². The fourth-order valence-corrected chi connectivity index (χ4v) is 4.83. The lowest BCUT2D eigenvalue weighted by Gasteiger charge is -2.41. The number of piperidine rings is 1. The monoisotopic (exact) mass is 459 g/mol. The zero-order valence-electron chi connectivity index (χ0n) is 18.4. The predicted octanol–water partition coefficient (Wildman–Crippen LogP) is 4.38. The Bertz CT molecular complexity index is 1260. The molecule has 1 N–H and O–H groups in total. The molecule has 3 heterocycles. The fourth-order valence-electron chi connectivity index (χ4n) is 4.42. The third kappa shape index (κ3) is 4.46. The van der Waals surface area contributed by atoms with Crippen LogP contribution < -0.4 is 10.3 Å². The first-order chi connectivity index (χ1) is 16.0. The highest BCUT2D eigenvalue weighted by Gasteiger charge is 2.38. The van der Waals surface area contributed by atoms with Crippen molar-refractivity contribution in [1.29, 1.82) is 0 Å². The Balaban J connectivity index is 1.29. The summed E-state index contributed by atoms with van der Waals surface area (Å²) in [6.45, 7) is 1.10. The van der Waals surface area contributed by atoms with E-state index in [0.29, 0.717) is 37.5 Å². The highest BCUT2D eigenvalue weighted by molar-refractivity contribution is 7.97. The number of hydrogen-bond donors (Lipinski definition) is 1. The summed E-state index contributed by atoms with van der Waals surface area (Å²) in [5, 5.41) is 0. The number of H-pyrrole nitrogens is 1. The number of ether oxygens (including phenoxy) is 1. The molecule has 6 nitrogen and oxygen atoms in total. The molecule has 1 saturated heterocycles. The van der Waals surface area contributed by atoms with E-state index in [9.17, 15) is 9.59 Å². The first-order valence-electron chi connectivity index (χ1n) is 11.0. The lowest BCUT2D eigenvalue weighted by atomic mass is 9.87. The third-order valence-electron chi connectivity index (χ3n) is 6.18. The van der Waals surface area contributed by atoms with E-state index in [1.807, 2.05) is 30.5 Å². The Morgan fingerprint density at radius 2 is 1.91 bits per heavy atom. The largest absolute Gasteiger partial charge is 0.482 e. The minimum Gasteiger partial charge on any atom is -0.482 e. The molecule has 2 aromatic carbocycles. The van der Waals surface area contributed by atoms with E-state index < -0.39 is 5.60 Å². The van der Waals surface area contributed by atoms with Crippen LogP contribution in [0.5, 0.6) is 5.75 Å². The Morgan fingerprint density at radius 1 is 1.12 bits per heavy atom. The summed E-state index contributed by atoms with van der Waals surface area (Å²) in [6, 6.07) is 17.8. The van der Waals surface area contributed by atoms with Crippen LogP contribution >= 0.6 is 11.8 Å². The van der Waals surface area contributed by atoms with Gasteiger partial charge in [-0.1, -0.05) is 42.5 Å². The average molecular weight is 460 g/mol. The van der Waals surface area contributed by atoms with E-state index in [-0.39, 0.29) is 17.2 Å². The van der Waals surface area contributed by atoms with Crippen LogP contribution in [0.3, 0.4) is 0 Å². The second-order valence-electron chi connectivity index (χ2n) is 8.42. The lowest BCUT2D eigenvalue weighted by molar-refractivity contribution is 0.0325. The molecular formula is C26H25N3O3S. The number of amides is 1. The summed E-state index contributed by atoms with van der Waals surface area (Å²) in [6.07, 6.45) is 7.58. The molecule has 33 heavy (non-hydrogen) atoms. The fraction of sp³-hybridized carbons (Fsp3) is 0.269. The smallest absolute Gasteiger partial charge is 0.272 e. The summed E-state index contributed by atoms with van der Waals surface area (Å²) in [7, 11) is 0. The zero-order chi connectivity index (χ0) is 22.8. The normalized spacial score (nSPS) is 16.3. The second-order valence-corrected chi connectivity index (χ2v) is 9.29. The van der Waals surface area contributed by atoms with Crippen LogP contribution in [0.4, 0.5) is 0 Å². The number of aromatic amines is 1. The first-order valence-corrected chi connectivity index (χ1v) is 12.4. The second kappa shape index (κ2) is 8.90. The SMILES string of the molecule is CSCc1nc(C(=O)N2CCC3(C=Cc4cc(-c5ccccc5)ccc4O3)CC2)cc(=O)[nH]1. The van der Waals surface area contributed by atoms with Gasteiger partial charge in [0.05, 0.1) is 5.75 Å². The molecule has 0 atom stereocenters. The molecule has 5 rings (SSSR count). The molecule has 168 valence electrons. The molecule has 2 aliphatic rings. The summed E-state index contributed by atoms with van der Waals surface area (Å²) in [5.41, 5.74) is 2.90. The number of carbonyl (C=O) groups is 1. The number of aromatic nitrogens is 2. The van der Waals surface area contributed by atoms with Crippen LogP contribution in [0.1, 0.15) is 34.7 Å². The van der Waals surface area contributed by atoms with Crippen molar-refractivity contribution in [2.45, 2.75) is 24.2 Å². The molecule has 0 saturated carbocycles. The number of hydrogen-bond acceptors (Lipinski definition) is 5. The van der Waals surface area contributed by atoms with Gasteiger partial charge in [0.15, 0.2) is 0 Å². The maximum absolute atomic E-state index is 13.0.